The van der Waals surface area contributed by atoms with Gasteiger partial charge in [-0.05, 0) is 44.9 Å². The minimum absolute atomic E-state index is 0.00377. The summed E-state index contributed by atoms with van der Waals surface area (Å²) >= 11 is 0. The molecule has 180 valence electrons. The van der Waals surface area contributed by atoms with Gasteiger partial charge in [0, 0.05) is 50.1 Å². The second-order valence-electron chi connectivity index (χ2n) is 8.36. The molecule has 0 bridgehead atoms. The van der Waals surface area contributed by atoms with Gasteiger partial charge in [0.2, 0.25) is 5.91 Å². The van der Waals surface area contributed by atoms with Crippen LogP contribution in [0.2, 0.25) is 0 Å². The first kappa shape index (κ1) is 23.6. The molecular formula is C24H27F2N5O3. The molecule has 10 heteroatoms. The van der Waals surface area contributed by atoms with Gasteiger partial charge in [0.25, 0.3) is 5.91 Å². The zero-order valence-corrected chi connectivity index (χ0v) is 19.4. The van der Waals surface area contributed by atoms with Crippen LogP contribution in [0.15, 0.2) is 30.3 Å². The Bertz CT molecular complexity index is 1220. The number of halogens is 2. The predicted octanol–water partition coefficient (Wildman–Crippen LogP) is 3.17. The highest BCUT2D eigenvalue weighted by Crippen LogP contribution is 2.23. The summed E-state index contributed by atoms with van der Waals surface area (Å²) < 4.78 is 31.6. The minimum atomic E-state index is -3.01. The van der Waals surface area contributed by atoms with Crippen LogP contribution in [0.25, 0.3) is 5.65 Å². The number of aryl methyl sites for hydroxylation is 3. The summed E-state index contributed by atoms with van der Waals surface area (Å²) in [6.07, 6.45) is 0.879. The fourth-order valence-corrected chi connectivity index (χ4v) is 4.36. The molecule has 8 nitrogen and oxygen atoms in total. The number of aromatic nitrogens is 3. The fourth-order valence-electron chi connectivity index (χ4n) is 4.36. The molecule has 0 N–H and O–H groups in total. The van der Waals surface area contributed by atoms with Gasteiger partial charge in [-0.1, -0.05) is 12.1 Å². The van der Waals surface area contributed by atoms with Crippen molar-refractivity contribution in [3.8, 4) is 5.75 Å². The van der Waals surface area contributed by atoms with Crippen LogP contribution in [0, 0.1) is 20.8 Å². The Kier molecular flexibility index (Phi) is 6.76. The third-order valence-corrected chi connectivity index (χ3v) is 6.13. The Morgan fingerprint density at radius 3 is 2.44 bits per heavy atom. The fraction of sp³-hybridized carbons (Fsp3) is 0.417. The monoisotopic (exact) mass is 471 g/mol. The quantitative estimate of drug-likeness (QED) is 0.552. The van der Waals surface area contributed by atoms with Crippen molar-refractivity contribution in [3.63, 3.8) is 0 Å². The van der Waals surface area contributed by atoms with E-state index in [1.54, 1.807) is 15.9 Å². The summed E-state index contributed by atoms with van der Waals surface area (Å²) in [7, 11) is 0. The van der Waals surface area contributed by atoms with Gasteiger partial charge < -0.3 is 14.5 Å². The molecule has 3 heterocycles. The second-order valence-corrected chi connectivity index (χ2v) is 8.36. The maximum absolute atomic E-state index is 12.9. The number of rotatable bonds is 6. The maximum Gasteiger partial charge on any atom is 0.387 e. The van der Waals surface area contributed by atoms with Crippen molar-refractivity contribution in [1.29, 1.82) is 0 Å². The van der Waals surface area contributed by atoms with Crippen LogP contribution in [0.1, 0.15) is 39.4 Å². The van der Waals surface area contributed by atoms with Crippen LogP contribution in [0.5, 0.6) is 5.75 Å². The van der Waals surface area contributed by atoms with Crippen LogP contribution in [-0.2, 0) is 11.2 Å². The van der Waals surface area contributed by atoms with Gasteiger partial charge in [-0.15, -0.1) is 0 Å². The Balaban J connectivity index is 1.36. The molecule has 2 amide bonds. The molecule has 3 aromatic rings. The molecule has 1 aromatic carbocycles. The number of alkyl halides is 2. The number of piperazine rings is 1. The SMILES string of the molecule is Cc1cc2nc(C)c(CCC(=O)N3CCN(C(=O)c4ccccc4OC(F)F)CC3)c(C)n2n1. The van der Waals surface area contributed by atoms with Crippen molar-refractivity contribution < 1.29 is 23.1 Å². The average molecular weight is 472 g/mol. The largest absolute Gasteiger partial charge is 0.434 e. The van der Waals surface area contributed by atoms with Crippen LogP contribution >= 0.6 is 0 Å². The van der Waals surface area contributed by atoms with E-state index >= 15 is 0 Å². The molecule has 1 fully saturated rings. The molecule has 0 unspecified atom stereocenters. The summed E-state index contributed by atoms with van der Waals surface area (Å²) in [5, 5.41) is 4.47. The number of fused-ring (bicyclic) bond motifs is 1. The van der Waals surface area contributed by atoms with Crippen LogP contribution in [0.3, 0.4) is 0 Å². The number of hydrogen-bond donors (Lipinski definition) is 0. The molecule has 0 radical (unpaired) electrons. The highest BCUT2D eigenvalue weighted by atomic mass is 19.3. The summed E-state index contributed by atoms with van der Waals surface area (Å²) in [6.45, 7) is 4.25. The number of para-hydroxylation sites is 1. The number of amides is 2. The molecule has 4 rings (SSSR count). The van der Waals surface area contributed by atoms with E-state index in [-0.39, 0.29) is 23.1 Å². The van der Waals surface area contributed by atoms with E-state index in [9.17, 15) is 18.4 Å². The number of benzene rings is 1. The van der Waals surface area contributed by atoms with Crippen molar-refractivity contribution in [2.24, 2.45) is 0 Å². The Morgan fingerprint density at radius 1 is 1.06 bits per heavy atom. The lowest BCUT2D eigenvalue weighted by molar-refractivity contribution is -0.132. The van der Waals surface area contributed by atoms with Gasteiger partial charge >= 0.3 is 6.61 Å². The number of carbonyl (C=O) groups is 2. The molecule has 0 spiro atoms. The van der Waals surface area contributed by atoms with Crippen molar-refractivity contribution >= 4 is 17.5 Å². The molecule has 1 saturated heterocycles. The van der Waals surface area contributed by atoms with E-state index in [0.717, 1.165) is 28.3 Å². The van der Waals surface area contributed by atoms with Crippen molar-refractivity contribution in [2.75, 3.05) is 26.2 Å². The van der Waals surface area contributed by atoms with Gasteiger partial charge in [0.05, 0.1) is 11.3 Å². The van der Waals surface area contributed by atoms with E-state index in [4.69, 9.17) is 0 Å². The average Bonchev–Trinajstić information content (AvgIpc) is 3.18. The van der Waals surface area contributed by atoms with Crippen molar-refractivity contribution in [1.82, 2.24) is 24.4 Å². The summed E-state index contributed by atoms with van der Waals surface area (Å²) in [5.41, 5.74) is 4.64. The smallest absolute Gasteiger partial charge is 0.387 e. The lowest BCUT2D eigenvalue weighted by atomic mass is 10.1. The van der Waals surface area contributed by atoms with Crippen molar-refractivity contribution in [3.05, 3.63) is 58.5 Å². The van der Waals surface area contributed by atoms with Crippen LogP contribution in [0.4, 0.5) is 8.78 Å². The number of carbonyl (C=O) groups excluding carboxylic acids is 2. The Hall–Kier alpha value is -3.56. The van der Waals surface area contributed by atoms with Gasteiger partial charge in [0.15, 0.2) is 5.65 Å². The minimum Gasteiger partial charge on any atom is -0.434 e. The third kappa shape index (κ3) is 4.85. The zero-order chi connectivity index (χ0) is 24.4. The first-order chi connectivity index (χ1) is 16.2. The van der Waals surface area contributed by atoms with Gasteiger partial charge in [-0.25, -0.2) is 9.50 Å². The molecule has 34 heavy (non-hydrogen) atoms. The number of ether oxygens (including phenoxy) is 1. The van der Waals surface area contributed by atoms with E-state index < -0.39 is 6.61 Å². The van der Waals surface area contributed by atoms with E-state index in [2.05, 4.69) is 14.8 Å². The lowest BCUT2D eigenvalue weighted by Crippen LogP contribution is -2.50. The summed E-state index contributed by atoms with van der Waals surface area (Å²) in [4.78, 5) is 33.6. The molecule has 0 aliphatic carbocycles. The number of nitrogens with zero attached hydrogens (tertiary/aromatic N) is 5. The Morgan fingerprint density at radius 2 is 1.74 bits per heavy atom. The molecular weight excluding hydrogens is 444 g/mol. The van der Waals surface area contributed by atoms with Gasteiger partial charge in [-0.2, -0.15) is 13.9 Å². The first-order valence-electron chi connectivity index (χ1n) is 11.2. The molecule has 1 aliphatic rings. The predicted molar refractivity (Wildman–Crippen MR) is 121 cm³/mol. The van der Waals surface area contributed by atoms with Crippen LogP contribution in [-0.4, -0.2) is 69.0 Å². The van der Waals surface area contributed by atoms with Crippen LogP contribution < -0.4 is 4.74 Å². The standard InChI is InChI=1S/C24H27F2N5O3/c1-15-14-21-27-16(2)18(17(3)31(21)28-15)8-9-22(32)29-10-12-30(13-11-29)23(33)19-6-4-5-7-20(19)34-24(25)26/h4-7,14,24H,8-13H2,1-3H3. The molecule has 2 aromatic heterocycles. The summed E-state index contributed by atoms with van der Waals surface area (Å²) in [5.74, 6) is -0.530. The van der Waals surface area contributed by atoms with Gasteiger partial charge in [0.1, 0.15) is 5.75 Å². The maximum atomic E-state index is 12.9. The highest BCUT2D eigenvalue weighted by Gasteiger charge is 2.27. The van der Waals surface area contributed by atoms with E-state index in [1.807, 2.05) is 31.4 Å². The molecule has 0 saturated carbocycles. The summed E-state index contributed by atoms with van der Waals surface area (Å²) in [6, 6.07) is 7.88. The Labute approximate surface area is 196 Å². The third-order valence-electron chi connectivity index (χ3n) is 6.13. The van der Waals surface area contributed by atoms with Gasteiger partial charge in [-0.3, -0.25) is 9.59 Å². The lowest BCUT2D eigenvalue weighted by Gasteiger charge is -2.35. The van der Waals surface area contributed by atoms with E-state index in [0.29, 0.717) is 39.0 Å². The topological polar surface area (TPSA) is 80.0 Å². The number of hydrogen-bond acceptors (Lipinski definition) is 5. The highest BCUT2D eigenvalue weighted by molar-refractivity contribution is 5.97. The second kappa shape index (κ2) is 9.74. The van der Waals surface area contributed by atoms with E-state index in [1.165, 1.54) is 18.2 Å². The van der Waals surface area contributed by atoms with Crippen molar-refractivity contribution in [2.45, 2.75) is 40.2 Å². The normalized spacial score (nSPS) is 14.2. The first-order valence-corrected chi connectivity index (χ1v) is 11.2. The zero-order valence-electron chi connectivity index (χ0n) is 19.4. The molecule has 1 aliphatic heterocycles. The molecule has 0 atom stereocenters.